The van der Waals surface area contributed by atoms with Gasteiger partial charge in [0.1, 0.15) is 5.82 Å². The highest BCUT2D eigenvalue weighted by atomic mass is 32.1. The zero-order valence-corrected chi connectivity index (χ0v) is 12.0. The van der Waals surface area contributed by atoms with E-state index in [1.54, 1.807) is 17.4 Å². The second kappa shape index (κ2) is 4.96. The molecule has 0 bridgehead atoms. The molecule has 0 saturated heterocycles. The summed E-state index contributed by atoms with van der Waals surface area (Å²) < 4.78 is 14.2. The van der Waals surface area contributed by atoms with Crippen LogP contribution in [0.1, 0.15) is 18.2 Å². The molecule has 1 unspecified atom stereocenters. The molecule has 0 spiro atoms. The Morgan fingerprint density at radius 1 is 1.25 bits per heavy atom. The Bertz CT molecular complexity index is 732. The predicted molar refractivity (Wildman–Crippen MR) is 81.3 cm³/mol. The zero-order chi connectivity index (χ0) is 14.2. The predicted octanol–water partition coefficient (Wildman–Crippen LogP) is 3.85. The summed E-state index contributed by atoms with van der Waals surface area (Å²) in [5.41, 5.74) is 7.69. The highest BCUT2D eigenvalue weighted by molar-refractivity contribution is 7.17. The van der Waals surface area contributed by atoms with E-state index >= 15 is 0 Å². The van der Waals surface area contributed by atoms with Gasteiger partial charge in [0, 0.05) is 4.70 Å². The fraction of sp³-hybridized carbons (Fsp3) is 0.188. The largest absolute Gasteiger partial charge is 0.320 e. The van der Waals surface area contributed by atoms with Crippen molar-refractivity contribution in [3.8, 4) is 0 Å². The number of nitrogens with two attached hydrogens (primary N) is 1. The van der Waals surface area contributed by atoms with Gasteiger partial charge in [-0.2, -0.15) is 0 Å². The number of halogens is 1. The molecule has 0 aliphatic heterocycles. The van der Waals surface area contributed by atoms with Crippen molar-refractivity contribution in [2.45, 2.75) is 18.9 Å². The number of hydrogen-bond donors (Lipinski definition) is 1. The average molecular weight is 286 g/mol. The molecule has 0 aliphatic carbocycles. The summed E-state index contributed by atoms with van der Waals surface area (Å²) in [4.78, 5) is 4.11. The van der Waals surface area contributed by atoms with Crippen LogP contribution >= 0.6 is 11.3 Å². The van der Waals surface area contributed by atoms with E-state index in [-0.39, 0.29) is 5.82 Å². The van der Waals surface area contributed by atoms with Crippen LogP contribution in [0.25, 0.3) is 10.1 Å². The van der Waals surface area contributed by atoms with Crippen molar-refractivity contribution in [2.75, 3.05) is 0 Å². The van der Waals surface area contributed by atoms with E-state index in [2.05, 4.69) is 22.5 Å². The fourth-order valence-corrected chi connectivity index (χ4v) is 3.33. The lowest BCUT2D eigenvalue weighted by atomic mass is 9.90. The number of fused-ring (bicyclic) bond motifs is 1. The molecule has 2 aromatic heterocycles. The molecule has 2 heterocycles. The normalized spacial score (nSPS) is 14.3. The first-order valence-electron chi connectivity index (χ1n) is 6.42. The van der Waals surface area contributed by atoms with Gasteiger partial charge in [0.15, 0.2) is 0 Å². The van der Waals surface area contributed by atoms with Crippen LogP contribution in [-0.2, 0) is 12.0 Å². The van der Waals surface area contributed by atoms with E-state index in [0.717, 1.165) is 0 Å². The second-order valence-corrected chi connectivity index (χ2v) is 6.12. The molecule has 0 radical (unpaired) electrons. The Balaban J connectivity index is 1.94. The minimum Gasteiger partial charge on any atom is -0.320 e. The third-order valence-corrected chi connectivity index (χ3v) is 4.44. The third-order valence-electron chi connectivity index (χ3n) is 3.43. The van der Waals surface area contributed by atoms with E-state index in [4.69, 9.17) is 5.73 Å². The quantitative estimate of drug-likeness (QED) is 0.794. The van der Waals surface area contributed by atoms with Gasteiger partial charge in [0.25, 0.3) is 0 Å². The van der Waals surface area contributed by atoms with Gasteiger partial charge in [-0.1, -0.05) is 18.2 Å². The second-order valence-electron chi connectivity index (χ2n) is 5.21. The van der Waals surface area contributed by atoms with Crippen LogP contribution in [0.15, 0.2) is 48.0 Å². The van der Waals surface area contributed by atoms with E-state index in [1.807, 2.05) is 19.1 Å². The van der Waals surface area contributed by atoms with E-state index < -0.39 is 5.54 Å². The van der Waals surface area contributed by atoms with E-state index in [0.29, 0.717) is 12.1 Å². The Morgan fingerprint density at radius 3 is 2.80 bits per heavy atom. The molecule has 0 aliphatic rings. The summed E-state index contributed by atoms with van der Waals surface area (Å²) in [7, 11) is 0. The number of rotatable bonds is 3. The van der Waals surface area contributed by atoms with Gasteiger partial charge in [0.05, 0.1) is 17.4 Å². The van der Waals surface area contributed by atoms with Crippen LogP contribution < -0.4 is 5.73 Å². The molecular formula is C16H15FN2S. The fourth-order valence-electron chi connectivity index (χ4n) is 2.37. The van der Waals surface area contributed by atoms with Crippen molar-refractivity contribution < 1.29 is 4.39 Å². The van der Waals surface area contributed by atoms with Crippen LogP contribution in [0.4, 0.5) is 4.39 Å². The summed E-state index contributed by atoms with van der Waals surface area (Å²) in [5.74, 6) is -0.342. The minimum atomic E-state index is -0.614. The Kier molecular flexibility index (Phi) is 3.28. The zero-order valence-electron chi connectivity index (χ0n) is 11.1. The molecule has 3 rings (SSSR count). The summed E-state index contributed by atoms with van der Waals surface area (Å²) in [6.45, 7) is 1.93. The lowest BCUT2D eigenvalue weighted by Gasteiger charge is -2.23. The molecule has 4 heteroatoms. The van der Waals surface area contributed by atoms with Gasteiger partial charge >= 0.3 is 0 Å². The van der Waals surface area contributed by atoms with Gasteiger partial charge in [-0.05, 0) is 47.9 Å². The molecule has 102 valence electrons. The number of pyridine rings is 1. The molecule has 2 nitrogen and oxygen atoms in total. The molecule has 20 heavy (non-hydrogen) atoms. The van der Waals surface area contributed by atoms with Crippen molar-refractivity contribution in [3.63, 3.8) is 0 Å². The van der Waals surface area contributed by atoms with Crippen LogP contribution in [0.3, 0.4) is 0 Å². The van der Waals surface area contributed by atoms with Crippen molar-refractivity contribution in [3.05, 3.63) is 65.0 Å². The van der Waals surface area contributed by atoms with Gasteiger partial charge in [-0.25, -0.2) is 4.39 Å². The van der Waals surface area contributed by atoms with Crippen LogP contribution in [0, 0.1) is 5.82 Å². The summed E-state index contributed by atoms with van der Waals surface area (Å²) in [6, 6.07) is 11.3. The van der Waals surface area contributed by atoms with E-state index in [1.165, 1.54) is 27.9 Å². The summed E-state index contributed by atoms with van der Waals surface area (Å²) >= 11 is 1.72. The van der Waals surface area contributed by atoms with Crippen LogP contribution in [-0.4, -0.2) is 4.98 Å². The Labute approximate surface area is 121 Å². The molecule has 0 saturated carbocycles. The van der Waals surface area contributed by atoms with Crippen molar-refractivity contribution in [2.24, 2.45) is 5.73 Å². The monoisotopic (exact) mass is 286 g/mol. The average Bonchev–Trinajstić information content (AvgIpc) is 2.82. The van der Waals surface area contributed by atoms with E-state index in [9.17, 15) is 4.39 Å². The SMILES string of the molecule is CC(N)(Cc1csc2ccccc12)c1ccc(F)cn1. The van der Waals surface area contributed by atoms with Crippen LogP contribution in [0.5, 0.6) is 0 Å². The maximum atomic E-state index is 13.0. The molecule has 1 aromatic carbocycles. The summed E-state index contributed by atoms with van der Waals surface area (Å²) in [5, 5.41) is 3.37. The molecule has 3 aromatic rings. The number of benzene rings is 1. The number of thiophene rings is 1. The molecule has 0 fully saturated rings. The number of aromatic nitrogens is 1. The minimum absolute atomic E-state index is 0.342. The first kappa shape index (κ1) is 13.2. The van der Waals surface area contributed by atoms with Gasteiger partial charge < -0.3 is 5.73 Å². The molecule has 0 amide bonds. The van der Waals surface area contributed by atoms with Gasteiger partial charge in [-0.15, -0.1) is 11.3 Å². The highest BCUT2D eigenvalue weighted by Crippen LogP contribution is 2.30. The third kappa shape index (κ3) is 2.44. The molecular weight excluding hydrogens is 271 g/mol. The smallest absolute Gasteiger partial charge is 0.141 e. The van der Waals surface area contributed by atoms with Crippen molar-refractivity contribution in [1.29, 1.82) is 0 Å². The highest BCUT2D eigenvalue weighted by Gasteiger charge is 2.24. The maximum Gasteiger partial charge on any atom is 0.141 e. The molecule has 1 atom stereocenters. The topological polar surface area (TPSA) is 38.9 Å². The molecule has 2 N–H and O–H groups in total. The first-order chi connectivity index (χ1) is 9.56. The first-order valence-corrected chi connectivity index (χ1v) is 7.30. The van der Waals surface area contributed by atoms with Crippen LogP contribution in [0.2, 0.25) is 0 Å². The van der Waals surface area contributed by atoms with Gasteiger partial charge in [-0.3, -0.25) is 4.98 Å². The Hall–Kier alpha value is -1.78. The maximum absolute atomic E-state index is 13.0. The number of hydrogen-bond acceptors (Lipinski definition) is 3. The van der Waals surface area contributed by atoms with Gasteiger partial charge in [0.2, 0.25) is 0 Å². The standard InChI is InChI=1S/C16H15FN2S/c1-16(18,15-7-6-12(17)9-19-15)8-11-10-20-14-5-3-2-4-13(11)14/h2-7,9-10H,8,18H2,1H3. The lowest BCUT2D eigenvalue weighted by Crippen LogP contribution is -2.36. The Morgan fingerprint density at radius 2 is 2.05 bits per heavy atom. The van der Waals surface area contributed by atoms with Crippen molar-refractivity contribution >= 4 is 21.4 Å². The van der Waals surface area contributed by atoms with Crippen molar-refractivity contribution in [1.82, 2.24) is 4.98 Å². The number of nitrogens with zero attached hydrogens (tertiary/aromatic N) is 1. The summed E-state index contributed by atoms with van der Waals surface area (Å²) in [6.07, 6.45) is 1.89. The lowest BCUT2D eigenvalue weighted by molar-refractivity contribution is 0.474.